The molecule has 0 saturated carbocycles. The Labute approximate surface area is 116 Å². The van der Waals surface area contributed by atoms with Crippen LogP contribution in [0.2, 0.25) is 0 Å². The van der Waals surface area contributed by atoms with Gasteiger partial charge in [0, 0.05) is 19.8 Å². The predicted octanol–water partition coefficient (Wildman–Crippen LogP) is 2.13. The summed E-state index contributed by atoms with van der Waals surface area (Å²) in [6.45, 7) is 2.62. The Morgan fingerprint density at radius 1 is 1.53 bits per heavy atom. The van der Waals surface area contributed by atoms with Gasteiger partial charge in [-0.3, -0.25) is 9.36 Å². The van der Waals surface area contributed by atoms with E-state index < -0.39 is 0 Å². The third-order valence-electron chi connectivity index (χ3n) is 3.54. The number of fused-ring (bicyclic) bond motifs is 1. The highest BCUT2D eigenvalue weighted by atomic mass is 35.5. The smallest absolute Gasteiger partial charge is 0.245 e. The second-order valence-corrected chi connectivity index (χ2v) is 5.52. The number of imidazole rings is 1. The quantitative estimate of drug-likeness (QED) is 0.791. The lowest BCUT2D eigenvalue weighted by Gasteiger charge is -2.16. The zero-order chi connectivity index (χ0) is 13.6. The molecule has 0 bridgehead atoms. The first-order chi connectivity index (χ1) is 9.09. The summed E-state index contributed by atoms with van der Waals surface area (Å²) in [4.78, 5) is 22.8. The van der Waals surface area contributed by atoms with Crippen molar-refractivity contribution in [2.75, 3.05) is 13.6 Å². The van der Waals surface area contributed by atoms with Gasteiger partial charge in [-0.1, -0.05) is 0 Å². The number of carbonyl (C=O) groups excluding carboxylic acids is 1. The minimum atomic E-state index is -0.257. The van der Waals surface area contributed by atoms with Crippen LogP contribution in [-0.2, 0) is 4.79 Å². The summed E-state index contributed by atoms with van der Waals surface area (Å²) in [7, 11) is 1.82. The van der Waals surface area contributed by atoms with Crippen molar-refractivity contribution in [3.8, 4) is 0 Å². The van der Waals surface area contributed by atoms with Crippen LogP contribution in [0.15, 0.2) is 18.3 Å². The maximum atomic E-state index is 12.2. The number of halogens is 1. The molecule has 1 aliphatic heterocycles. The topological polar surface area (TPSA) is 51.0 Å². The number of amides is 1. The van der Waals surface area contributed by atoms with Crippen LogP contribution in [0.25, 0.3) is 11.2 Å². The van der Waals surface area contributed by atoms with E-state index in [0.717, 1.165) is 24.1 Å². The van der Waals surface area contributed by atoms with E-state index in [1.807, 2.05) is 30.7 Å². The molecule has 100 valence electrons. The van der Waals surface area contributed by atoms with E-state index in [-0.39, 0.29) is 17.3 Å². The number of rotatable bonds is 2. The second-order valence-electron chi connectivity index (χ2n) is 4.87. The summed E-state index contributed by atoms with van der Waals surface area (Å²) in [5.41, 5.74) is 1.52. The molecule has 3 rings (SSSR count). The number of alkyl halides is 1. The average Bonchev–Trinajstić information content (AvgIpc) is 2.92. The standard InChI is InChI=1S/C13H15ClN4O/c1-8(14)11-16-9-4-3-6-15-12(9)18(11)10-5-7-17(2)13(10)19/h3-4,6,8,10H,5,7H2,1-2H3. The summed E-state index contributed by atoms with van der Waals surface area (Å²) in [5, 5.41) is -0.257. The van der Waals surface area contributed by atoms with Gasteiger partial charge in [-0.2, -0.15) is 0 Å². The number of nitrogens with zero attached hydrogens (tertiary/aromatic N) is 4. The Kier molecular flexibility index (Phi) is 2.93. The van der Waals surface area contributed by atoms with Crippen molar-refractivity contribution in [1.29, 1.82) is 0 Å². The molecule has 2 aromatic heterocycles. The highest BCUT2D eigenvalue weighted by Crippen LogP contribution is 2.31. The molecule has 0 radical (unpaired) electrons. The van der Waals surface area contributed by atoms with Gasteiger partial charge in [-0.25, -0.2) is 9.97 Å². The van der Waals surface area contributed by atoms with E-state index in [9.17, 15) is 4.79 Å². The molecule has 2 atom stereocenters. The Bertz CT molecular complexity index is 637. The lowest BCUT2D eigenvalue weighted by atomic mass is 10.2. The van der Waals surface area contributed by atoms with Crippen molar-refractivity contribution in [2.45, 2.75) is 24.8 Å². The first-order valence-electron chi connectivity index (χ1n) is 6.31. The Morgan fingerprint density at radius 3 is 2.95 bits per heavy atom. The zero-order valence-corrected chi connectivity index (χ0v) is 11.6. The van der Waals surface area contributed by atoms with Crippen LogP contribution in [0.3, 0.4) is 0 Å². The molecular formula is C13H15ClN4O. The summed E-state index contributed by atoms with van der Waals surface area (Å²) in [6.07, 6.45) is 2.49. The number of likely N-dealkylation sites (tertiary alicyclic amines) is 1. The van der Waals surface area contributed by atoms with Crippen LogP contribution in [0, 0.1) is 0 Å². The minimum Gasteiger partial charge on any atom is -0.344 e. The third-order valence-corrected chi connectivity index (χ3v) is 3.74. The Balaban J connectivity index is 2.21. The fourth-order valence-electron chi connectivity index (χ4n) is 2.58. The van der Waals surface area contributed by atoms with Crippen molar-refractivity contribution < 1.29 is 4.79 Å². The number of likely N-dealkylation sites (N-methyl/N-ethyl adjacent to an activating group) is 1. The van der Waals surface area contributed by atoms with E-state index in [4.69, 9.17) is 11.6 Å². The van der Waals surface area contributed by atoms with Gasteiger partial charge in [-0.15, -0.1) is 11.6 Å². The molecule has 5 nitrogen and oxygen atoms in total. The average molecular weight is 279 g/mol. The van der Waals surface area contributed by atoms with Gasteiger partial charge in [0.2, 0.25) is 5.91 Å². The van der Waals surface area contributed by atoms with E-state index in [0.29, 0.717) is 5.82 Å². The molecule has 1 aliphatic rings. The fraction of sp³-hybridized carbons (Fsp3) is 0.462. The van der Waals surface area contributed by atoms with Gasteiger partial charge in [0.1, 0.15) is 17.4 Å². The molecule has 1 amide bonds. The highest BCUT2D eigenvalue weighted by molar-refractivity contribution is 6.20. The van der Waals surface area contributed by atoms with Gasteiger partial charge < -0.3 is 4.90 Å². The first-order valence-corrected chi connectivity index (χ1v) is 6.75. The van der Waals surface area contributed by atoms with E-state index >= 15 is 0 Å². The lowest BCUT2D eigenvalue weighted by molar-refractivity contribution is -0.129. The van der Waals surface area contributed by atoms with Crippen LogP contribution >= 0.6 is 11.6 Å². The van der Waals surface area contributed by atoms with Gasteiger partial charge in [-0.05, 0) is 25.5 Å². The predicted molar refractivity (Wildman–Crippen MR) is 73.1 cm³/mol. The van der Waals surface area contributed by atoms with E-state index in [1.165, 1.54) is 0 Å². The molecule has 0 N–H and O–H groups in total. The van der Waals surface area contributed by atoms with E-state index in [2.05, 4.69) is 9.97 Å². The fourth-order valence-corrected chi connectivity index (χ4v) is 2.73. The van der Waals surface area contributed by atoms with Crippen LogP contribution < -0.4 is 0 Å². The molecule has 2 aromatic rings. The maximum absolute atomic E-state index is 12.2. The van der Waals surface area contributed by atoms with Crippen LogP contribution in [0.1, 0.15) is 30.6 Å². The minimum absolute atomic E-state index is 0.100. The highest BCUT2D eigenvalue weighted by Gasteiger charge is 2.34. The van der Waals surface area contributed by atoms with Crippen LogP contribution in [0.5, 0.6) is 0 Å². The number of pyridine rings is 1. The molecule has 6 heteroatoms. The van der Waals surface area contributed by atoms with Crippen molar-refractivity contribution in [3.63, 3.8) is 0 Å². The third kappa shape index (κ3) is 1.89. The largest absolute Gasteiger partial charge is 0.344 e. The Hall–Kier alpha value is -1.62. The molecule has 19 heavy (non-hydrogen) atoms. The van der Waals surface area contributed by atoms with Crippen LogP contribution in [0.4, 0.5) is 0 Å². The SMILES string of the molecule is CC(Cl)c1nc2cccnc2n1C1CCN(C)C1=O. The molecule has 0 aliphatic carbocycles. The second kappa shape index (κ2) is 4.49. The molecule has 3 heterocycles. The molecule has 0 aromatic carbocycles. The lowest BCUT2D eigenvalue weighted by Crippen LogP contribution is -2.25. The van der Waals surface area contributed by atoms with Crippen molar-refractivity contribution in [3.05, 3.63) is 24.2 Å². The number of hydrogen-bond donors (Lipinski definition) is 0. The normalized spacial score (nSPS) is 21.3. The molecule has 2 unspecified atom stereocenters. The van der Waals surface area contributed by atoms with Crippen molar-refractivity contribution in [1.82, 2.24) is 19.4 Å². The summed E-state index contributed by atoms with van der Waals surface area (Å²) >= 11 is 6.21. The number of aromatic nitrogens is 3. The maximum Gasteiger partial charge on any atom is 0.245 e. The molecule has 1 saturated heterocycles. The van der Waals surface area contributed by atoms with Gasteiger partial charge >= 0.3 is 0 Å². The molecule has 1 fully saturated rings. The zero-order valence-electron chi connectivity index (χ0n) is 10.9. The van der Waals surface area contributed by atoms with Gasteiger partial charge in [0.05, 0.1) is 5.38 Å². The van der Waals surface area contributed by atoms with Gasteiger partial charge in [0.25, 0.3) is 0 Å². The van der Waals surface area contributed by atoms with Crippen molar-refractivity contribution in [2.24, 2.45) is 0 Å². The molecular weight excluding hydrogens is 264 g/mol. The van der Waals surface area contributed by atoms with Crippen LogP contribution in [-0.4, -0.2) is 38.9 Å². The number of hydrogen-bond acceptors (Lipinski definition) is 3. The van der Waals surface area contributed by atoms with E-state index in [1.54, 1.807) is 11.1 Å². The monoisotopic (exact) mass is 278 g/mol. The summed E-state index contributed by atoms with van der Waals surface area (Å²) in [6, 6.07) is 3.50. The van der Waals surface area contributed by atoms with Crippen molar-refractivity contribution >= 4 is 28.7 Å². The summed E-state index contributed by atoms with van der Waals surface area (Å²) in [5.74, 6) is 0.813. The molecule has 0 spiro atoms. The van der Waals surface area contributed by atoms with Gasteiger partial charge in [0.15, 0.2) is 5.65 Å². The Morgan fingerprint density at radius 2 is 2.32 bits per heavy atom. The first kappa shape index (κ1) is 12.4. The summed E-state index contributed by atoms with van der Waals surface area (Å²) < 4.78 is 1.90. The number of carbonyl (C=O) groups is 1.